The molecule has 0 radical (unpaired) electrons. The van der Waals surface area contributed by atoms with Crippen molar-refractivity contribution in [2.45, 2.75) is 0 Å². The third-order valence-electron chi connectivity index (χ3n) is 4.35. The number of carbonyl (C=O) groups is 2. The Morgan fingerprint density at radius 2 is 1.31 bits per heavy atom. The van der Waals surface area contributed by atoms with E-state index in [-0.39, 0.29) is 11.5 Å². The van der Waals surface area contributed by atoms with Crippen LogP contribution >= 0.6 is 31.9 Å². The van der Waals surface area contributed by atoms with Gasteiger partial charge in [-0.25, -0.2) is 4.79 Å². The minimum Gasteiger partial charge on any atom is -0.493 e. The zero-order valence-electron chi connectivity index (χ0n) is 17.4. The first-order valence-corrected chi connectivity index (χ1v) is 10.8. The molecule has 0 aliphatic rings. The lowest BCUT2D eigenvalue weighted by atomic mass is 10.2. The monoisotopic (exact) mass is 563 g/mol. The normalized spacial score (nSPS) is 10.3. The van der Waals surface area contributed by atoms with E-state index in [2.05, 4.69) is 37.2 Å². The SMILES string of the molecule is COc1cc(C(=O)Oc2ccc(NC(=O)c3cc(Br)cc(Br)c3)cc2)cc(OC)c1OC. The number of nitrogens with one attached hydrogen (secondary N) is 1. The van der Waals surface area contributed by atoms with Gasteiger partial charge in [0.2, 0.25) is 5.75 Å². The summed E-state index contributed by atoms with van der Waals surface area (Å²) in [7, 11) is 4.41. The van der Waals surface area contributed by atoms with Crippen LogP contribution in [-0.2, 0) is 0 Å². The van der Waals surface area contributed by atoms with Gasteiger partial charge in [-0.05, 0) is 54.6 Å². The predicted octanol–water partition coefficient (Wildman–Crippen LogP) is 5.71. The molecule has 3 rings (SSSR count). The van der Waals surface area contributed by atoms with Gasteiger partial charge >= 0.3 is 5.97 Å². The average molecular weight is 565 g/mol. The highest BCUT2D eigenvalue weighted by Crippen LogP contribution is 2.38. The second-order valence-electron chi connectivity index (χ2n) is 6.44. The summed E-state index contributed by atoms with van der Waals surface area (Å²) in [6, 6.07) is 14.7. The molecule has 3 aromatic carbocycles. The van der Waals surface area contributed by atoms with Crippen LogP contribution in [0.1, 0.15) is 20.7 Å². The first-order chi connectivity index (χ1) is 15.3. The quantitative estimate of drug-likeness (QED) is 0.292. The van der Waals surface area contributed by atoms with Crippen molar-refractivity contribution in [3.63, 3.8) is 0 Å². The van der Waals surface area contributed by atoms with Crippen molar-refractivity contribution in [1.29, 1.82) is 0 Å². The molecule has 0 unspecified atom stereocenters. The molecule has 0 fully saturated rings. The molecule has 1 N–H and O–H groups in total. The maximum Gasteiger partial charge on any atom is 0.343 e. The van der Waals surface area contributed by atoms with Gasteiger partial charge in [0, 0.05) is 20.2 Å². The number of halogens is 2. The van der Waals surface area contributed by atoms with Crippen LogP contribution in [0.5, 0.6) is 23.0 Å². The van der Waals surface area contributed by atoms with Gasteiger partial charge in [-0.1, -0.05) is 31.9 Å². The van der Waals surface area contributed by atoms with Crippen molar-refractivity contribution in [2.75, 3.05) is 26.6 Å². The van der Waals surface area contributed by atoms with Gasteiger partial charge in [-0.3, -0.25) is 4.79 Å². The molecule has 0 spiro atoms. The third kappa shape index (κ3) is 5.60. The van der Waals surface area contributed by atoms with Gasteiger partial charge in [0.05, 0.1) is 26.9 Å². The van der Waals surface area contributed by atoms with Crippen molar-refractivity contribution in [3.05, 3.63) is 74.7 Å². The molecule has 0 saturated heterocycles. The van der Waals surface area contributed by atoms with E-state index < -0.39 is 5.97 Å². The Labute approximate surface area is 201 Å². The molecule has 0 bridgehead atoms. The molecule has 0 aliphatic heterocycles. The highest BCUT2D eigenvalue weighted by atomic mass is 79.9. The molecule has 0 saturated carbocycles. The summed E-state index contributed by atoms with van der Waals surface area (Å²) >= 11 is 6.73. The number of esters is 1. The fourth-order valence-electron chi connectivity index (χ4n) is 2.86. The number of ether oxygens (including phenoxy) is 4. The van der Waals surface area contributed by atoms with Crippen LogP contribution in [0, 0.1) is 0 Å². The number of anilines is 1. The molecule has 32 heavy (non-hydrogen) atoms. The van der Waals surface area contributed by atoms with E-state index in [0.29, 0.717) is 34.2 Å². The van der Waals surface area contributed by atoms with Crippen LogP contribution in [0.25, 0.3) is 0 Å². The van der Waals surface area contributed by atoms with Crippen LogP contribution in [0.4, 0.5) is 5.69 Å². The predicted molar refractivity (Wildman–Crippen MR) is 127 cm³/mol. The molecule has 0 atom stereocenters. The topological polar surface area (TPSA) is 83.1 Å². The zero-order valence-corrected chi connectivity index (χ0v) is 20.6. The second-order valence-corrected chi connectivity index (χ2v) is 8.27. The lowest BCUT2D eigenvalue weighted by Gasteiger charge is -2.14. The molecular formula is C23H19Br2NO6. The Bertz CT molecular complexity index is 1100. The van der Waals surface area contributed by atoms with Gasteiger partial charge in [-0.15, -0.1) is 0 Å². The average Bonchev–Trinajstić information content (AvgIpc) is 2.78. The number of amides is 1. The first kappa shape index (κ1) is 23.6. The van der Waals surface area contributed by atoms with Gasteiger partial charge in [0.1, 0.15) is 5.75 Å². The number of rotatable bonds is 7. The minimum absolute atomic E-state index is 0.233. The van der Waals surface area contributed by atoms with Crippen molar-refractivity contribution >= 4 is 49.4 Å². The second kappa shape index (κ2) is 10.5. The number of methoxy groups -OCH3 is 3. The van der Waals surface area contributed by atoms with Gasteiger partial charge in [-0.2, -0.15) is 0 Å². The van der Waals surface area contributed by atoms with Crippen LogP contribution in [0.2, 0.25) is 0 Å². The number of carbonyl (C=O) groups excluding carboxylic acids is 2. The first-order valence-electron chi connectivity index (χ1n) is 9.24. The summed E-state index contributed by atoms with van der Waals surface area (Å²) in [5.41, 5.74) is 1.28. The van der Waals surface area contributed by atoms with E-state index in [1.54, 1.807) is 36.4 Å². The Balaban J connectivity index is 1.71. The molecule has 0 heterocycles. The van der Waals surface area contributed by atoms with Gasteiger partial charge < -0.3 is 24.3 Å². The van der Waals surface area contributed by atoms with E-state index in [1.807, 2.05) is 6.07 Å². The largest absolute Gasteiger partial charge is 0.493 e. The lowest BCUT2D eigenvalue weighted by Crippen LogP contribution is -2.12. The van der Waals surface area contributed by atoms with Crippen LogP contribution < -0.4 is 24.3 Å². The zero-order chi connectivity index (χ0) is 23.3. The lowest BCUT2D eigenvalue weighted by molar-refractivity contribution is 0.0733. The molecule has 3 aromatic rings. The molecule has 7 nitrogen and oxygen atoms in total. The van der Waals surface area contributed by atoms with Crippen molar-refractivity contribution in [2.24, 2.45) is 0 Å². The summed E-state index contributed by atoms with van der Waals surface area (Å²) in [5, 5.41) is 2.80. The van der Waals surface area contributed by atoms with Crippen molar-refractivity contribution in [1.82, 2.24) is 0 Å². The standard InChI is InChI=1S/C23H19Br2NO6/c1-29-19-10-14(11-20(30-2)21(19)31-3)23(28)32-18-6-4-17(5-7-18)26-22(27)13-8-15(24)12-16(25)9-13/h4-12H,1-3H3,(H,26,27). The van der Waals surface area contributed by atoms with Crippen LogP contribution in [0.3, 0.4) is 0 Å². The Hall–Kier alpha value is -3.04. The van der Waals surface area contributed by atoms with Crippen molar-refractivity contribution < 1.29 is 28.5 Å². The number of benzene rings is 3. The van der Waals surface area contributed by atoms with Crippen LogP contribution in [0.15, 0.2) is 63.5 Å². The maximum absolute atomic E-state index is 12.6. The highest BCUT2D eigenvalue weighted by Gasteiger charge is 2.18. The maximum atomic E-state index is 12.6. The van der Waals surface area contributed by atoms with Gasteiger partial charge in [0.25, 0.3) is 5.91 Å². The van der Waals surface area contributed by atoms with E-state index in [1.165, 1.54) is 33.5 Å². The van der Waals surface area contributed by atoms with E-state index >= 15 is 0 Å². The summed E-state index contributed by atoms with van der Waals surface area (Å²) < 4.78 is 22.8. The van der Waals surface area contributed by atoms with Crippen molar-refractivity contribution in [3.8, 4) is 23.0 Å². The molecule has 0 aromatic heterocycles. The summed E-state index contributed by atoms with van der Waals surface area (Å²) in [6.07, 6.45) is 0. The molecule has 166 valence electrons. The van der Waals surface area contributed by atoms with E-state index in [0.717, 1.165) is 8.95 Å². The smallest absolute Gasteiger partial charge is 0.343 e. The number of hydrogen-bond acceptors (Lipinski definition) is 6. The fourth-order valence-corrected chi connectivity index (χ4v) is 4.15. The number of hydrogen-bond donors (Lipinski definition) is 1. The van der Waals surface area contributed by atoms with Gasteiger partial charge in [0.15, 0.2) is 11.5 Å². The summed E-state index contributed by atoms with van der Waals surface area (Å²) in [6.45, 7) is 0. The minimum atomic E-state index is -0.597. The Kier molecular flexibility index (Phi) is 7.76. The summed E-state index contributed by atoms with van der Waals surface area (Å²) in [5.74, 6) is 0.511. The third-order valence-corrected chi connectivity index (χ3v) is 5.26. The van der Waals surface area contributed by atoms with E-state index in [9.17, 15) is 9.59 Å². The summed E-state index contributed by atoms with van der Waals surface area (Å²) in [4.78, 5) is 25.1. The Morgan fingerprint density at radius 3 is 1.81 bits per heavy atom. The van der Waals surface area contributed by atoms with E-state index in [4.69, 9.17) is 18.9 Å². The molecule has 1 amide bonds. The highest BCUT2D eigenvalue weighted by molar-refractivity contribution is 9.11. The molecular weight excluding hydrogens is 546 g/mol. The van der Waals surface area contributed by atoms with Crippen LogP contribution in [-0.4, -0.2) is 33.2 Å². The fraction of sp³-hybridized carbons (Fsp3) is 0.130. The molecule has 0 aliphatic carbocycles. The Morgan fingerprint density at radius 1 is 0.750 bits per heavy atom. The molecule has 9 heteroatoms.